The lowest BCUT2D eigenvalue weighted by atomic mass is 10.0. The van der Waals surface area contributed by atoms with Gasteiger partial charge in [-0.05, 0) is 48.7 Å². The summed E-state index contributed by atoms with van der Waals surface area (Å²) >= 11 is 0. The zero-order valence-electron chi connectivity index (χ0n) is 20.8. The van der Waals surface area contributed by atoms with E-state index in [-0.39, 0.29) is 28.1 Å². The number of rotatable bonds is 10. The van der Waals surface area contributed by atoms with E-state index in [0.29, 0.717) is 43.6 Å². The smallest absolute Gasteiger partial charge is 0.387 e. The molecule has 12 heteroatoms. The molecule has 4 rings (SSSR count). The molecular weight excluding hydrogens is 536 g/mol. The highest BCUT2D eigenvalue weighted by molar-refractivity contribution is 7.91. The summed E-state index contributed by atoms with van der Waals surface area (Å²) in [4.78, 5) is 6.01. The first-order chi connectivity index (χ1) is 18.0. The van der Waals surface area contributed by atoms with E-state index in [2.05, 4.69) is 14.6 Å². The number of likely N-dealkylation sites (tertiary alicyclic amines) is 1. The highest BCUT2D eigenvalue weighted by Crippen LogP contribution is 2.29. The second-order valence-electron chi connectivity index (χ2n) is 9.15. The number of piperidine rings is 1. The van der Waals surface area contributed by atoms with Gasteiger partial charge in [-0.25, -0.2) is 16.8 Å². The maximum absolute atomic E-state index is 13.8. The maximum atomic E-state index is 13.8. The zero-order chi connectivity index (χ0) is 27.3. The van der Waals surface area contributed by atoms with Crippen LogP contribution in [-0.4, -0.2) is 63.0 Å². The SMILES string of the molecule is CS(=O)(=O)c1cccc(S(=O)(=O)N(Cc2cccnc2)C2CCN(Cc3ccccc3OC(F)F)CC2)c1. The molecule has 0 aliphatic carbocycles. The summed E-state index contributed by atoms with van der Waals surface area (Å²) in [6, 6.07) is 15.2. The lowest BCUT2D eigenvalue weighted by molar-refractivity contribution is -0.0508. The molecule has 3 aromatic rings. The van der Waals surface area contributed by atoms with Gasteiger partial charge in [-0.2, -0.15) is 13.1 Å². The zero-order valence-corrected chi connectivity index (χ0v) is 22.4. The minimum absolute atomic E-state index is 0.0700. The van der Waals surface area contributed by atoms with Gasteiger partial charge in [0.25, 0.3) is 0 Å². The number of sulfonamides is 1. The summed E-state index contributed by atoms with van der Waals surface area (Å²) in [5.74, 6) is 0.121. The normalized spacial score (nSPS) is 15.7. The first kappa shape index (κ1) is 28.1. The van der Waals surface area contributed by atoms with Crippen LogP contribution in [0.4, 0.5) is 8.78 Å². The monoisotopic (exact) mass is 565 g/mol. The van der Waals surface area contributed by atoms with Gasteiger partial charge in [0.15, 0.2) is 9.84 Å². The molecule has 2 heterocycles. The molecule has 1 aromatic heterocycles. The number of alkyl halides is 2. The molecule has 0 bridgehead atoms. The summed E-state index contributed by atoms with van der Waals surface area (Å²) in [7, 11) is -7.66. The summed E-state index contributed by atoms with van der Waals surface area (Å²) in [5.41, 5.74) is 1.33. The van der Waals surface area contributed by atoms with E-state index >= 15 is 0 Å². The van der Waals surface area contributed by atoms with Gasteiger partial charge in [-0.15, -0.1) is 0 Å². The number of halogens is 2. The lowest BCUT2D eigenvalue weighted by Crippen LogP contribution is -2.46. The predicted octanol–water partition coefficient (Wildman–Crippen LogP) is 3.94. The molecule has 1 aliphatic heterocycles. The van der Waals surface area contributed by atoms with Crippen LogP contribution in [0.2, 0.25) is 0 Å². The van der Waals surface area contributed by atoms with Crippen molar-refractivity contribution in [1.29, 1.82) is 0 Å². The Labute approximate surface area is 221 Å². The molecule has 1 aliphatic rings. The number of hydrogen-bond donors (Lipinski definition) is 0. The second-order valence-corrected chi connectivity index (χ2v) is 13.1. The van der Waals surface area contributed by atoms with E-state index in [4.69, 9.17) is 0 Å². The molecule has 0 radical (unpaired) electrons. The fourth-order valence-electron chi connectivity index (χ4n) is 4.53. The van der Waals surface area contributed by atoms with Crippen LogP contribution in [0.3, 0.4) is 0 Å². The molecule has 0 unspecified atom stereocenters. The van der Waals surface area contributed by atoms with E-state index in [1.807, 2.05) is 0 Å². The molecule has 1 saturated heterocycles. The standard InChI is InChI=1S/C26H29F2N3O5S2/c1-37(32,33)23-8-4-9-24(16-23)38(34,35)31(18-20-6-5-13-29-17-20)22-11-14-30(15-12-22)19-21-7-2-3-10-25(21)36-26(27)28/h2-10,13,16-17,22,26H,11-12,14-15,18-19H2,1H3. The quantitative estimate of drug-likeness (QED) is 0.367. The first-order valence-electron chi connectivity index (χ1n) is 12.0. The van der Waals surface area contributed by atoms with Gasteiger partial charge < -0.3 is 4.74 Å². The van der Waals surface area contributed by atoms with Crippen LogP contribution < -0.4 is 4.74 Å². The van der Waals surface area contributed by atoms with Crippen molar-refractivity contribution in [3.63, 3.8) is 0 Å². The molecule has 0 spiro atoms. The number of pyridine rings is 1. The summed E-state index contributed by atoms with van der Waals surface area (Å²) < 4.78 is 83.5. The van der Waals surface area contributed by atoms with Crippen LogP contribution >= 0.6 is 0 Å². The molecule has 38 heavy (non-hydrogen) atoms. The van der Waals surface area contributed by atoms with E-state index in [9.17, 15) is 25.6 Å². The molecule has 0 N–H and O–H groups in total. The number of aromatic nitrogens is 1. The highest BCUT2D eigenvalue weighted by atomic mass is 32.2. The predicted molar refractivity (Wildman–Crippen MR) is 138 cm³/mol. The van der Waals surface area contributed by atoms with Gasteiger partial charge in [0.05, 0.1) is 9.79 Å². The van der Waals surface area contributed by atoms with Crippen molar-refractivity contribution in [1.82, 2.24) is 14.2 Å². The van der Waals surface area contributed by atoms with E-state index in [1.165, 1.54) is 34.6 Å². The fourth-order valence-corrected chi connectivity index (χ4v) is 7.00. The van der Waals surface area contributed by atoms with Gasteiger partial charge in [0.2, 0.25) is 10.0 Å². The van der Waals surface area contributed by atoms with Crippen LogP contribution in [-0.2, 0) is 33.0 Å². The van der Waals surface area contributed by atoms with Gasteiger partial charge in [-0.1, -0.05) is 30.3 Å². The number of para-hydroxylation sites is 1. The number of nitrogens with zero attached hydrogens (tertiary/aromatic N) is 3. The Morgan fingerprint density at radius 2 is 1.71 bits per heavy atom. The topological polar surface area (TPSA) is 96.9 Å². The minimum Gasteiger partial charge on any atom is -0.434 e. The van der Waals surface area contributed by atoms with Crippen LogP contribution in [0.15, 0.2) is 82.8 Å². The molecule has 0 atom stereocenters. The summed E-state index contributed by atoms with van der Waals surface area (Å²) in [6.07, 6.45) is 5.25. The van der Waals surface area contributed by atoms with Crippen molar-refractivity contribution in [3.8, 4) is 5.75 Å². The van der Waals surface area contributed by atoms with Crippen LogP contribution in [0.5, 0.6) is 5.75 Å². The van der Waals surface area contributed by atoms with Gasteiger partial charge in [0.1, 0.15) is 5.75 Å². The third-order valence-electron chi connectivity index (χ3n) is 6.45. The average molecular weight is 566 g/mol. The number of hydrogen-bond acceptors (Lipinski definition) is 7. The van der Waals surface area contributed by atoms with E-state index in [0.717, 1.165) is 6.26 Å². The summed E-state index contributed by atoms with van der Waals surface area (Å²) in [5, 5.41) is 0. The molecule has 0 saturated carbocycles. The molecule has 0 amide bonds. The highest BCUT2D eigenvalue weighted by Gasteiger charge is 2.34. The van der Waals surface area contributed by atoms with Crippen LogP contribution in [0.1, 0.15) is 24.0 Å². The molecule has 2 aromatic carbocycles. The number of benzene rings is 2. The lowest BCUT2D eigenvalue weighted by Gasteiger charge is -2.38. The Kier molecular flexibility index (Phi) is 8.76. The van der Waals surface area contributed by atoms with Crippen molar-refractivity contribution in [3.05, 3.63) is 84.2 Å². The molecule has 8 nitrogen and oxygen atoms in total. The number of ether oxygens (including phenoxy) is 1. The molecule has 1 fully saturated rings. The van der Waals surface area contributed by atoms with Crippen molar-refractivity contribution in [2.45, 2.75) is 48.4 Å². The van der Waals surface area contributed by atoms with Crippen molar-refractivity contribution in [2.75, 3.05) is 19.3 Å². The Morgan fingerprint density at radius 1 is 1.00 bits per heavy atom. The Morgan fingerprint density at radius 3 is 2.37 bits per heavy atom. The third kappa shape index (κ3) is 6.93. The molecule has 204 valence electrons. The van der Waals surface area contributed by atoms with Crippen molar-refractivity contribution < 1.29 is 30.4 Å². The second kappa shape index (κ2) is 11.9. The van der Waals surface area contributed by atoms with Gasteiger partial charge in [-0.3, -0.25) is 9.88 Å². The maximum Gasteiger partial charge on any atom is 0.387 e. The Bertz CT molecular complexity index is 1450. The fraction of sp³-hybridized carbons (Fsp3) is 0.346. The van der Waals surface area contributed by atoms with Crippen molar-refractivity contribution >= 4 is 19.9 Å². The average Bonchev–Trinajstić information content (AvgIpc) is 2.89. The first-order valence-corrected chi connectivity index (χ1v) is 15.3. The number of sulfone groups is 1. The Hall–Kier alpha value is -2.93. The van der Waals surface area contributed by atoms with Gasteiger partial charge >= 0.3 is 6.61 Å². The van der Waals surface area contributed by atoms with Crippen LogP contribution in [0.25, 0.3) is 0 Å². The largest absolute Gasteiger partial charge is 0.434 e. The van der Waals surface area contributed by atoms with Crippen LogP contribution in [0, 0.1) is 0 Å². The van der Waals surface area contributed by atoms with E-state index < -0.39 is 26.5 Å². The van der Waals surface area contributed by atoms with E-state index in [1.54, 1.807) is 42.7 Å². The Balaban J connectivity index is 1.56. The summed E-state index contributed by atoms with van der Waals surface area (Å²) in [6.45, 7) is -1.38. The van der Waals surface area contributed by atoms with Gasteiger partial charge in [0, 0.05) is 56.4 Å². The molecular formula is C26H29F2N3O5S2. The minimum atomic E-state index is -4.06. The third-order valence-corrected chi connectivity index (χ3v) is 9.45. The van der Waals surface area contributed by atoms with Crippen molar-refractivity contribution in [2.24, 2.45) is 0 Å².